The molecule has 5 aliphatic carbocycles. The lowest BCUT2D eigenvalue weighted by Gasteiger charge is -2.57. The van der Waals surface area contributed by atoms with Gasteiger partial charge in [0.15, 0.2) is 0 Å². The Morgan fingerprint density at radius 3 is 2.44 bits per heavy atom. The van der Waals surface area contributed by atoms with Crippen molar-refractivity contribution in [3.8, 4) is 0 Å². The first kappa shape index (κ1) is 17.3. The lowest BCUT2D eigenvalue weighted by molar-refractivity contribution is -0.167. The zero-order chi connectivity index (χ0) is 18.2. The van der Waals surface area contributed by atoms with Gasteiger partial charge in [-0.2, -0.15) is 0 Å². The van der Waals surface area contributed by atoms with Gasteiger partial charge in [0.05, 0.1) is 11.3 Å². The predicted molar refractivity (Wildman–Crippen MR) is 90.8 cm³/mol. The maximum Gasteiger partial charge on any atom is 0.309 e. The summed E-state index contributed by atoms with van der Waals surface area (Å²) in [6.45, 7) is 4.10. The second-order valence-electron chi connectivity index (χ2n) is 9.84. The van der Waals surface area contributed by atoms with Crippen LogP contribution < -0.4 is 0 Å². The minimum atomic E-state index is -0.963. The number of carboxylic acid groups (broad SMARTS) is 2. The monoisotopic (exact) mass is 350 g/mol. The molecule has 0 saturated heterocycles. The molecule has 0 aliphatic heterocycles. The van der Waals surface area contributed by atoms with E-state index in [0.717, 1.165) is 38.5 Å². The zero-order valence-electron chi connectivity index (χ0n) is 15.2. The second kappa shape index (κ2) is 5.21. The van der Waals surface area contributed by atoms with Crippen LogP contribution in [0.25, 0.3) is 0 Å². The summed E-state index contributed by atoms with van der Waals surface area (Å²) in [5.41, 5.74) is -1.50. The van der Waals surface area contributed by atoms with Crippen molar-refractivity contribution in [3.05, 3.63) is 0 Å². The number of carbonyl (C=O) groups is 2. The molecule has 3 N–H and O–H groups in total. The Morgan fingerprint density at radius 1 is 1.12 bits per heavy atom. The maximum absolute atomic E-state index is 12.5. The number of hydrogen-bond donors (Lipinski definition) is 3. The second-order valence-corrected chi connectivity index (χ2v) is 9.84. The van der Waals surface area contributed by atoms with Crippen molar-refractivity contribution in [2.24, 2.45) is 45.8 Å². The lowest BCUT2D eigenvalue weighted by atomic mass is 9.48. The molecule has 0 aromatic rings. The Kier molecular flexibility index (Phi) is 3.61. The topological polar surface area (TPSA) is 94.8 Å². The van der Waals surface area contributed by atoms with E-state index in [-0.39, 0.29) is 35.2 Å². The summed E-state index contributed by atoms with van der Waals surface area (Å²) in [7, 11) is 0. The van der Waals surface area contributed by atoms with Crippen LogP contribution in [0.3, 0.4) is 0 Å². The van der Waals surface area contributed by atoms with Crippen molar-refractivity contribution in [2.45, 2.75) is 58.8 Å². The number of fused-ring (bicyclic) bond motifs is 3. The number of aliphatic hydroxyl groups excluding tert-OH is 1. The molecular formula is C20H30O5. The summed E-state index contributed by atoms with van der Waals surface area (Å²) in [5, 5.41) is 30.1. The van der Waals surface area contributed by atoms with Crippen LogP contribution in [0.1, 0.15) is 58.8 Å². The van der Waals surface area contributed by atoms with Gasteiger partial charge in [0, 0.05) is 6.61 Å². The average Bonchev–Trinajstić information content (AvgIpc) is 2.81. The van der Waals surface area contributed by atoms with Gasteiger partial charge in [0.25, 0.3) is 0 Å². The van der Waals surface area contributed by atoms with Crippen LogP contribution >= 0.6 is 0 Å². The molecule has 140 valence electrons. The van der Waals surface area contributed by atoms with Crippen LogP contribution in [0.15, 0.2) is 0 Å². The van der Waals surface area contributed by atoms with Crippen molar-refractivity contribution >= 4 is 11.9 Å². The molecule has 2 bridgehead atoms. The first-order valence-electron chi connectivity index (χ1n) is 9.78. The van der Waals surface area contributed by atoms with Crippen molar-refractivity contribution in [3.63, 3.8) is 0 Å². The minimum absolute atomic E-state index is 0.128. The lowest BCUT2D eigenvalue weighted by Crippen LogP contribution is -2.51. The SMILES string of the molecule is C[C@@]12CCC[C@@](C)(C(=O)O)[C@H]1[C@H](C(=O)O)[C@@]13CC[C@@H](C[C@@H]21)[C@@H](CO)C3. The van der Waals surface area contributed by atoms with E-state index in [1.165, 1.54) is 0 Å². The van der Waals surface area contributed by atoms with Crippen LogP contribution in [-0.2, 0) is 9.59 Å². The molecule has 0 radical (unpaired) electrons. The molecule has 0 amide bonds. The van der Waals surface area contributed by atoms with Crippen molar-refractivity contribution < 1.29 is 24.9 Å². The summed E-state index contributed by atoms with van der Waals surface area (Å²) >= 11 is 0. The summed E-state index contributed by atoms with van der Waals surface area (Å²) in [5.74, 6) is -1.62. The fourth-order valence-electron chi connectivity index (χ4n) is 8.22. The van der Waals surface area contributed by atoms with Gasteiger partial charge in [0.1, 0.15) is 0 Å². The van der Waals surface area contributed by atoms with Crippen LogP contribution in [0.5, 0.6) is 0 Å². The van der Waals surface area contributed by atoms with E-state index in [2.05, 4.69) is 6.92 Å². The van der Waals surface area contributed by atoms with Crippen molar-refractivity contribution in [2.75, 3.05) is 6.61 Å². The molecular weight excluding hydrogens is 320 g/mol. The zero-order valence-corrected chi connectivity index (χ0v) is 15.2. The molecule has 5 heteroatoms. The van der Waals surface area contributed by atoms with E-state index >= 15 is 0 Å². The normalized spacial score (nSPS) is 54.0. The van der Waals surface area contributed by atoms with Crippen molar-refractivity contribution in [1.82, 2.24) is 0 Å². The molecule has 1 spiro atoms. The third kappa shape index (κ3) is 1.93. The van der Waals surface area contributed by atoms with E-state index in [9.17, 15) is 24.9 Å². The van der Waals surface area contributed by atoms with Crippen LogP contribution in [-0.4, -0.2) is 33.9 Å². The van der Waals surface area contributed by atoms with Crippen LogP contribution in [0.2, 0.25) is 0 Å². The van der Waals surface area contributed by atoms with E-state index in [1.807, 2.05) is 0 Å². The van der Waals surface area contributed by atoms with Gasteiger partial charge in [-0.3, -0.25) is 9.59 Å². The van der Waals surface area contributed by atoms with Gasteiger partial charge < -0.3 is 15.3 Å². The largest absolute Gasteiger partial charge is 0.481 e. The summed E-state index contributed by atoms with van der Waals surface area (Å²) < 4.78 is 0. The number of carboxylic acids is 2. The molecule has 5 aliphatic rings. The van der Waals surface area contributed by atoms with Gasteiger partial charge in [-0.15, -0.1) is 0 Å². The van der Waals surface area contributed by atoms with Crippen molar-refractivity contribution in [1.29, 1.82) is 0 Å². The first-order chi connectivity index (χ1) is 11.7. The number of aliphatic hydroxyl groups is 1. The quantitative estimate of drug-likeness (QED) is 0.727. The Hall–Kier alpha value is -1.10. The van der Waals surface area contributed by atoms with Crippen LogP contribution in [0, 0.1) is 45.8 Å². The highest BCUT2D eigenvalue weighted by molar-refractivity contribution is 5.79. The maximum atomic E-state index is 12.5. The molecule has 0 aromatic carbocycles. The highest BCUT2D eigenvalue weighted by atomic mass is 16.4. The fraction of sp³-hybridized carbons (Fsp3) is 0.900. The molecule has 25 heavy (non-hydrogen) atoms. The highest BCUT2D eigenvalue weighted by Crippen LogP contribution is 2.77. The Morgan fingerprint density at radius 2 is 1.84 bits per heavy atom. The van der Waals surface area contributed by atoms with E-state index in [4.69, 9.17) is 0 Å². The van der Waals surface area contributed by atoms with Gasteiger partial charge in [-0.05, 0) is 80.0 Å². The smallest absolute Gasteiger partial charge is 0.309 e. The van der Waals surface area contributed by atoms with E-state index < -0.39 is 23.3 Å². The third-order valence-electron chi connectivity index (χ3n) is 9.07. The number of hydrogen-bond acceptors (Lipinski definition) is 3. The fourth-order valence-corrected chi connectivity index (χ4v) is 8.22. The van der Waals surface area contributed by atoms with Gasteiger partial charge in [-0.25, -0.2) is 0 Å². The minimum Gasteiger partial charge on any atom is -0.481 e. The molecule has 5 nitrogen and oxygen atoms in total. The third-order valence-corrected chi connectivity index (χ3v) is 9.07. The Balaban J connectivity index is 1.89. The Labute approximate surface area is 148 Å². The van der Waals surface area contributed by atoms with Gasteiger partial charge in [0.2, 0.25) is 0 Å². The molecule has 5 saturated carbocycles. The Bertz CT molecular complexity index is 617. The molecule has 8 atom stereocenters. The van der Waals surface area contributed by atoms with E-state index in [1.54, 1.807) is 6.92 Å². The number of aliphatic carboxylic acids is 2. The molecule has 5 rings (SSSR count). The standard InChI is InChI=1S/C20H30O5/c1-18-5-3-6-19(2,17(24)25)15(18)14(16(22)23)20-7-4-11(8-13(18)20)12(9-20)10-21/h11-15,21H,3-10H2,1-2H3,(H,22,23)(H,24,25)/t11-,12+,13-,14+,15-,18-,19+,20+/m0/s1. The molecule has 0 heterocycles. The first-order valence-corrected chi connectivity index (χ1v) is 9.78. The molecule has 0 unspecified atom stereocenters. The molecule has 0 aromatic heterocycles. The van der Waals surface area contributed by atoms with Gasteiger partial charge in [-0.1, -0.05) is 13.3 Å². The summed E-state index contributed by atoms with van der Waals surface area (Å²) in [4.78, 5) is 24.7. The van der Waals surface area contributed by atoms with Crippen LogP contribution in [0.4, 0.5) is 0 Å². The molecule has 5 fully saturated rings. The predicted octanol–water partition coefficient (Wildman–Crippen LogP) is 3.01. The summed E-state index contributed by atoms with van der Waals surface area (Å²) in [6.07, 6.45) is 5.98. The van der Waals surface area contributed by atoms with E-state index in [0.29, 0.717) is 12.3 Å². The highest BCUT2D eigenvalue weighted by Gasteiger charge is 2.75. The van der Waals surface area contributed by atoms with Gasteiger partial charge >= 0.3 is 11.9 Å². The average molecular weight is 350 g/mol. The number of rotatable bonds is 3. The summed E-state index contributed by atoms with van der Waals surface area (Å²) in [6, 6.07) is 0.